The third kappa shape index (κ3) is 5.26. The Hall–Kier alpha value is -3.76. The van der Waals surface area contributed by atoms with E-state index in [4.69, 9.17) is 14.2 Å². The molecule has 1 fully saturated rings. The first-order chi connectivity index (χ1) is 18.8. The van der Waals surface area contributed by atoms with Crippen LogP contribution in [0.15, 0.2) is 60.7 Å². The fraction of sp³-hybridized carbons (Fsp3) is 0.379. The number of para-hydroxylation sites is 2. The minimum atomic E-state index is -3.04. The van der Waals surface area contributed by atoms with Crippen LogP contribution >= 0.6 is 0 Å². The molecule has 2 N–H and O–H groups in total. The van der Waals surface area contributed by atoms with Crippen molar-refractivity contribution in [1.29, 1.82) is 0 Å². The quantitative estimate of drug-likeness (QED) is 0.456. The van der Waals surface area contributed by atoms with Crippen molar-refractivity contribution in [3.63, 3.8) is 0 Å². The van der Waals surface area contributed by atoms with Gasteiger partial charge in [-0.2, -0.15) is 8.78 Å². The number of anilines is 1. The fourth-order valence-electron chi connectivity index (χ4n) is 5.25. The number of amides is 2. The highest BCUT2D eigenvalue weighted by atomic mass is 19.3. The second kappa shape index (κ2) is 11.2. The Labute approximate surface area is 228 Å². The lowest BCUT2D eigenvalue weighted by Gasteiger charge is -2.41. The Morgan fingerprint density at radius 1 is 1.13 bits per heavy atom. The summed E-state index contributed by atoms with van der Waals surface area (Å²) >= 11 is 0. The van der Waals surface area contributed by atoms with Crippen LogP contribution in [-0.2, 0) is 20.9 Å². The van der Waals surface area contributed by atoms with Crippen molar-refractivity contribution in [3.05, 3.63) is 66.2 Å². The number of hydrogen-bond acceptors (Lipinski definition) is 6. The highest BCUT2D eigenvalue weighted by Gasteiger charge is 2.51. The molecule has 8 nitrogen and oxygen atoms in total. The smallest absolute Gasteiger partial charge is 0.387 e. The topological polar surface area (TPSA) is 89.1 Å². The monoisotopic (exact) mass is 543 g/mol. The molecule has 0 aliphatic carbocycles. The number of alkyl halides is 2. The van der Waals surface area contributed by atoms with Crippen LogP contribution < -0.4 is 25.0 Å². The van der Waals surface area contributed by atoms with Crippen LogP contribution in [0.4, 0.5) is 14.5 Å². The molecule has 2 atom stereocenters. The maximum absolute atomic E-state index is 14.5. The average Bonchev–Trinajstić information content (AvgIpc) is 3.03. The first-order valence-electron chi connectivity index (χ1n) is 12.9. The van der Waals surface area contributed by atoms with E-state index in [-0.39, 0.29) is 21.1 Å². The molecule has 0 unspecified atom stereocenters. The molecule has 0 bridgehead atoms. The second-order valence-electron chi connectivity index (χ2n) is 9.77. The molecule has 1 spiro atoms. The molecule has 0 saturated carbocycles. The summed E-state index contributed by atoms with van der Waals surface area (Å²) in [6, 6.07) is 16.0. The summed E-state index contributed by atoms with van der Waals surface area (Å²) < 4.78 is 43.9. The molecule has 39 heavy (non-hydrogen) atoms. The van der Waals surface area contributed by atoms with Gasteiger partial charge in [0.2, 0.25) is 5.91 Å². The van der Waals surface area contributed by atoms with Crippen LogP contribution in [0.1, 0.15) is 28.2 Å². The molecule has 3 aromatic carbocycles. The van der Waals surface area contributed by atoms with Crippen LogP contribution in [0.3, 0.4) is 0 Å². The Morgan fingerprint density at radius 2 is 1.85 bits per heavy atom. The minimum Gasteiger partial charge on any atom is -0.482 e. The molecule has 2 aliphatic rings. The summed E-state index contributed by atoms with van der Waals surface area (Å²) in [4.78, 5) is 29.1. The molecular weight excluding hydrogens is 508 g/mol. The molecule has 2 heterocycles. The van der Waals surface area contributed by atoms with Gasteiger partial charge in [0.1, 0.15) is 23.1 Å². The lowest BCUT2D eigenvalue weighted by Crippen LogP contribution is -2.65. The van der Waals surface area contributed by atoms with Crippen molar-refractivity contribution in [3.8, 4) is 11.5 Å². The first kappa shape index (κ1) is 26.8. The Bertz CT molecular complexity index is 1370. The molecule has 3 aromatic rings. The van der Waals surface area contributed by atoms with Gasteiger partial charge < -0.3 is 29.7 Å². The van der Waals surface area contributed by atoms with E-state index in [1.165, 1.54) is 11.0 Å². The Morgan fingerprint density at radius 3 is 2.59 bits per heavy atom. The molecule has 0 aromatic heterocycles. The third-order valence-electron chi connectivity index (χ3n) is 7.49. The van der Waals surface area contributed by atoms with E-state index < -0.39 is 30.2 Å². The van der Waals surface area contributed by atoms with E-state index in [0.29, 0.717) is 48.4 Å². The van der Waals surface area contributed by atoms with Crippen molar-refractivity contribution in [1.82, 2.24) is 10.6 Å². The molecule has 0 radical (unpaired) electrons. The standard InChI is InChI=1S/C29H31F2N3O5.2H2/c1-18(32-2)26(35)33-25-27(36)34(22-9-5-6-10-24(22)39-29(25)13-15-37-16-14-29)17-21-20-8-4-3-7-19(20)11-12-23(21)38-28(30)31;;/h3-12,18,25,28,32H,13-17H2,1-2H3,(H,33,35);2*1H/t18-,25+;;/m0../s1. The van der Waals surface area contributed by atoms with E-state index in [0.717, 1.165) is 5.39 Å². The molecule has 2 aliphatic heterocycles. The molecule has 210 valence electrons. The SMILES string of the molecule is CN[C@@H](C)C(=O)N[C@@H]1C(=O)N(Cc2c(OC(F)F)ccc3ccccc23)c2ccccc2OC12CCOCC2.[HH].[HH]. The summed E-state index contributed by atoms with van der Waals surface area (Å²) in [5.41, 5.74) is -0.152. The second-order valence-corrected chi connectivity index (χ2v) is 9.77. The van der Waals surface area contributed by atoms with Crippen LogP contribution in [0.2, 0.25) is 0 Å². The largest absolute Gasteiger partial charge is 0.482 e. The molecule has 2 amide bonds. The number of rotatable bonds is 7. The lowest BCUT2D eigenvalue weighted by molar-refractivity contribution is -0.138. The third-order valence-corrected chi connectivity index (χ3v) is 7.49. The van der Waals surface area contributed by atoms with Gasteiger partial charge in [-0.3, -0.25) is 9.59 Å². The van der Waals surface area contributed by atoms with Gasteiger partial charge in [0.15, 0.2) is 0 Å². The van der Waals surface area contributed by atoms with E-state index >= 15 is 0 Å². The number of nitrogens with zero attached hydrogens (tertiary/aromatic N) is 1. The fourth-order valence-corrected chi connectivity index (χ4v) is 5.25. The summed E-state index contributed by atoms with van der Waals surface area (Å²) in [6.07, 6.45) is 0.765. The maximum atomic E-state index is 14.5. The molecule has 5 rings (SSSR count). The predicted molar refractivity (Wildman–Crippen MR) is 146 cm³/mol. The van der Waals surface area contributed by atoms with Gasteiger partial charge in [-0.15, -0.1) is 0 Å². The van der Waals surface area contributed by atoms with Crippen LogP contribution in [0.25, 0.3) is 10.8 Å². The Kier molecular flexibility index (Phi) is 7.67. The average molecular weight is 544 g/mol. The number of hydrogen-bond donors (Lipinski definition) is 2. The van der Waals surface area contributed by atoms with Crippen molar-refractivity contribution < 1.29 is 35.4 Å². The molecule has 10 heteroatoms. The highest BCUT2D eigenvalue weighted by Crippen LogP contribution is 2.42. The van der Waals surface area contributed by atoms with Crippen molar-refractivity contribution >= 4 is 28.3 Å². The maximum Gasteiger partial charge on any atom is 0.387 e. The number of nitrogens with one attached hydrogen (secondary N) is 2. The first-order valence-corrected chi connectivity index (χ1v) is 12.9. The summed E-state index contributed by atoms with van der Waals surface area (Å²) in [5, 5.41) is 7.32. The number of likely N-dealkylation sites (N-methyl/N-ethyl adjacent to an activating group) is 1. The van der Waals surface area contributed by atoms with Gasteiger partial charge in [0.05, 0.1) is 31.5 Å². The zero-order chi connectivity index (χ0) is 27.6. The molecule has 1 saturated heterocycles. The summed E-state index contributed by atoms with van der Waals surface area (Å²) in [6.45, 7) is -0.702. The number of fused-ring (bicyclic) bond motifs is 2. The minimum absolute atomic E-state index is 0. The van der Waals surface area contributed by atoms with Crippen molar-refractivity contribution in [2.45, 2.75) is 50.6 Å². The summed E-state index contributed by atoms with van der Waals surface area (Å²) in [7, 11) is 1.66. The number of ether oxygens (including phenoxy) is 3. The van der Waals surface area contributed by atoms with Gasteiger partial charge in [0, 0.05) is 21.3 Å². The number of carbonyl (C=O) groups excluding carboxylic acids is 2. The number of benzene rings is 3. The Balaban J connectivity index is 0.00000231. The lowest BCUT2D eigenvalue weighted by atomic mass is 9.84. The predicted octanol–water partition coefficient (Wildman–Crippen LogP) is 4.50. The van der Waals surface area contributed by atoms with Crippen molar-refractivity contribution in [2.75, 3.05) is 25.2 Å². The van der Waals surface area contributed by atoms with Gasteiger partial charge in [0.25, 0.3) is 5.91 Å². The van der Waals surface area contributed by atoms with Gasteiger partial charge >= 0.3 is 6.61 Å². The molecular formula is C29H35F2N3O5. The van der Waals surface area contributed by atoms with Crippen LogP contribution in [0.5, 0.6) is 11.5 Å². The number of halogens is 2. The highest BCUT2D eigenvalue weighted by molar-refractivity contribution is 6.03. The zero-order valence-corrected chi connectivity index (χ0v) is 21.8. The van der Waals surface area contributed by atoms with Gasteiger partial charge in [-0.05, 0) is 42.9 Å². The van der Waals surface area contributed by atoms with E-state index in [9.17, 15) is 18.4 Å². The van der Waals surface area contributed by atoms with Gasteiger partial charge in [-0.1, -0.05) is 42.5 Å². The van der Waals surface area contributed by atoms with E-state index in [1.807, 2.05) is 18.2 Å². The van der Waals surface area contributed by atoms with Gasteiger partial charge in [-0.25, -0.2) is 0 Å². The normalized spacial score (nSPS) is 19.4. The van der Waals surface area contributed by atoms with E-state index in [2.05, 4.69) is 10.6 Å². The summed E-state index contributed by atoms with van der Waals surface area (Å²) in [5.74, 6) is -0.329. The van der Waals surface area contributed by atoms with Crippen LogP contribution in [0, 0.1) is 0 Å². The van der Waals surface area contributed by atoms with E-state index in [1.54, 1.807) is 50.4 Å². The van der Waals surface area contributed by atoms with Crippen LogP contribution in [-0.4, -0.2) is 56.4 Å². The zero-order valence-electron chi connectivity index (χ0n) is 21.8. The van der Waals surface area contributed by atoms with Crippen molar-refractivity contribution in [2.24, 2.45) is 0 Å². The number of carbonyl (C=O) groups is 2.